The molecule has 1 saturated heterocycles. The molecule has 3 aromatic carbocycles. The molecule has 0 saturated carbocycles. The van der Waals surface area contributed by atoms with Crippen LogP contribution >= 0.6 is 0 Å². The van der Waals surface area contributed by atoms with Gasteiger partial charge in [-0.05, 0) is 42.3 Å². The Morgan fingerprint density at radius 3 is 2.51 bits per heavy atom. The Kier molecular flexibility index (Phi) is 5.33. The molecule has 6 rings (SSSR count). The second-order valence-electron chi connectivity index (χ2n) is 9.02. The number of imidazole rings is 1. The molecule has 1 aliphatic rings. The largest absolute Gasteiger partial charge is 0.424 e. The molecule has 2 N–H and O–H groups in total. The second-order valence-corrected chi connectivity index (χ2v) is 9.02. The van der Waals surface area contributed by atoms with Crippen LogP contribution in [0.3, 0.4) is 0 Å². The van der Waals surface area contributed by atoms with Gasteiger partial charge in [0.1, 0.15) is 5.82 Å². The highest BCUT2D eigenvalue weighted by atomic mass is 19.1. The maximum absolute atomic E-state index is 14.1. The van der Waals surface area contributed by atoms with Crippen LogP contribution in [0.5, 0.6) is 0 Å². The van der Waals surface area contributed by atoms with Crippen LogP contribution in [-0.4, -0.2) is 37.1 Å². The van der Waals surface area contributed by atoms with Gasteiger partial charge in [-0.25, -0.2) is 19.1 Å². The number of rotatable bonds is 6. The van der Waals surface area contributed by atoms with E-state index in [1.807, 2.05) is 54.6 Å². The van der Waals surface area contributed by atoms with Crippen molar-refractivity contribution in [3.8, 4) is 11.3 Å². The number of cyclic esters (lactones) is 1. The molecule has 5 aromatic rings. The molecule has 1 aliphatic heterocycles. The summed E-state index contributed by atoms with van der Waals surface area (Å²) in [6.45, 7) is 1.71. The van der Waals surface area contributed by atoms with E-state index in [2.05, 4.69) is 15.2 Å². The van der Waals surface area contributed by atoms with Crippen molar-refractivity contribution in [3.05, 3.63) is 108 Å². The fourth-order valence-electron chi connectivity index (χ4n) is 4.82. The predicted octanol–water partition coefficient (Wildman–Crippen LogP) is 5.27. The van der Waals surface area contributed by atoms with Crippen molar-refractivity contribution in [2.45, 2.75) is 25.0 Å². The van der Waals surface area contributed by atoms with Crippen LogP contribution in [0.2, 0.25) is 0 Å². The number of carbonyl (C=O) groups excluding carboxylic acids is 2. The summed E-state index contributed by atoms with van der Waals surface area (Å²) in [6.07, 6.45) is 0.951. The van der Waals surface area contributed by atoms with Crippen LogP contribution in [-0.2, 0) is 21.6 Å². The van der Waals surface area contributed by atoms with Gasteiger partial charge in [0, 0.05) is 18.2 Å². The van der Waals surface area contributed by atoms with Gasteiger partial charge in [0.15, 0.2) is 5.82 Å². The van der Waals surface area contributed by atoms with Gasteiger partial charge in [0.25, 0.3) is 11.5 Å². The van der Waals surface area contributed by atoms with Gasteiger partial charge < -0.3 is 9.72 Å². The first-order chi connectivity index (χ1) is 18.0. The second kappa shape index (κ2) is 8.70. The molecule has 8 nitrogen and oxygen atoms in total. The van der Waals surface area contributed by atoms with Crippen molar-refractivity contribution in [2.75, 3.05) is 0 Å². The number of para-hydroxylation sites is 1. The van der Waals surface area contributed by atoms with E-state index in [9.17, 15) is 14.0 Å². The number of fused-ring (bicyclic) bond motifs is 1. The minimum Gasteiger partial charge on any atom is -0.424 e. The van der Waals surface area contributed by atoms with Crippen LogP contribution in [0.1, 0.15) is 29.9 Å². The Bertz CT molecular complexity index is 1600. The van der Waals surface area contributed by atoms with Crippen LogP contribution < -0.4 is 0 Å². The van der Waals surface area contributed by atoms with Crippen LogP contribution in [0.15, 0.2) is 85.1 Å². The van der Waals surface area contributed by atoms with E-state index in [-0.39, 0.29) is 12.2 Å². The third-order valence-electron chi connectivity index (χ3n) is 6.74. The summed E-state index contributed by atoms with van der Waals surface area (Å²) in [5.41, 5.74) is 2.55. The molecule has 0 bridgehead atoms. The zero-order valence-electron chi connectivity index (χ0n) is 19.8. The Hall–Kier alpha value is -4.79. The summed E-state index contributed by atoms with van der Waals surface area (Å²) in [5.74, 6) is -0.717. The number of aromatic nitrogens is 4. The molecule has 1 fully saturated rings. The summed E-state index contributed by atoms with van der Waals surface area (Å²) in [6, 6.07) is 21.8. The SMILES string of the molecule is C[C@H](c1ccc(F)cc1)N1C(=O)O[C@](Cc2ccccc2)(c2nc3c(-c4ccn[nH]4)cccc3[nH]2)C1=O. The zero-order valence-corrected chi connectivity index (χ0v) is 19.8. The number of imide groups is 1. The highest BCUT2D eigenvalue weighted by Crippen LogP contribution is 2.41. The summed E-state index contributed by atoms with van der Waals surface area (Å²) in [5, 5.41) is 6.97. The van der Waals surface area contributed by atoms with Gasteiger partial charge in [0.05, 0.1) is 22.8 Å². The third-order valence-corrected chi connectivity index (χ3v) is 6.74. The summed E-state index contributed by atoms with van der Waals surface area (Å²) in [7, 11) is 0. The fourth-order valence-corrected chi connectivity index (χ4v) is 4.82. The van der Waals surface area contributed by atoms with Gasteiger partial charge in [-0.1, -0.05) is 54.6 Å². The molecule has 37 heavy (non-hydrogen) atoms. The van der Waals surface area contributed by atoms with E-state index in [1.165, 1.54) is 12.1 Å². The van der Waals surface area contributed by atoms with Crippen LogP contribution in [0.25, 0.3) is 22.3 Å². The molecule has 9 heteroatoms. The lowest BCUT2D eigenvalue weighted by Gasteiger charge is -2.25. The highest BCUT2D eigenvalue weighted by molar-refractivity contribution is 6.04. The van der Waals surface area contributed by atoms with E-state index in [0.717, 1.165) is 21.7 Å². The van der Waals surface area contributed by atoms with E-state index >= 15 is 0 Å². The van der Waals surface area contributed by atoms with Crippen molar-refractivity contribution in [1.82, 2.24) is 25.1 Å². The predicted molar refractivity (Wildman–Crippen MR) is 134 cm³/mol. The first-order valence-electron chi connectivity index (χ1n) is 11.8. The smallest absolute Gasteiger partial charge is 0.418 e. The molecule has 184 valence electrons. The van der Waals surface area contributed by atoms with E-state index < -0.39 is 29.5 Å². The number of ether oxygens (including phenoxy) is 1. The van der Waals surface area contributed by atoms with Crippen molar-refractivity contribution < 1.29 is 18.7 Å². The number of nitrogens with one attached hydrogen (secondary N) is 2. The number of aromatic amines is 2. The van der Waals surface area contributed by atoms with Crippen molar-refractivity contribution >= 4 is 23.0 Å². The minimum atomic E-state index is -1.71. The maximum atomic E-state index is 14.1. The number of carbonyl (C=O) groups is 2. The van der Waals surface area contributed by atoms with Crippen LogP contribution in [0.4, 0.5) is 9.18 Å². The normalized spacial score (nSPS) is 18.4. The van der Waals surface area contributed by atoms with Gasteiger partial charge >= 0.3 is 6.09 Å². The van der Waals surface area contributed by atoms with Gasteiger partial charge in [-0.15, -0.1) is 0 Å². The molecule has 0 aliphatic carbocycles. The first kappa shape index (κ1) is 22.7. The standard InChI is InChI=1S/C28H22FN5O3/c1-17(19-10-12-20(29)13-11-19)34-26(35)28(37-27(34)36,16-18-6-3-2-4-7-18)25-31-23-9-5-8-21(24(23)32-25)22-14-15-30-33-22/h2-15,17H,16H2,1H3,(H,30,33)(H,31,32)/t17-,28-/m1/s1. The lowest BCUT2D eigenvalue weighted by Crippen LogP contribution is -2.42. The molecule has 0 spiro atoms. The molecule has 2 atom stereocenters. The first-order valence-corrected chi connectivity index (χ1v) is 11.8. The number of halogens is 1. The summed E-state index contributed by atoms with van der Waals surface area (Å²) < 4.78 is 19.5. The fraction of sp³-hybridized carbons (Fsp3) is 0.143. The number of benzene rings is 3. The average Bonchev–Trinajstić information content (AvgIpc) is 3.64. The zero-order chi connectivity index (χ0) is 25.6. The Balaban J connectivity index is 1.48. The summed E-state index contributed by atoms with van der Waals surface area (Å²) >= 11 is 0. The molecule has 2 aromatic heterocycles. The molecule has 2 amide bonds. The van der Waals surface area contributed by atoms with Crippen molar-refractivity contribution in [1.29, 1.82) is 0 Å². The molecule has 0 unspecified atom stereocenters. The van der Waals surface area contributed by atoms with E-state index in [4.69, 9.17) is 9.72 Å². The Labute approximate surface area is 211 Å². The lowest BCUT2D eigenvalue weighted by atomic mass is 9.92. The number of nitrogens with zero attached hydrogens (tertiary/aromatic N) is 3. The van der Waals surface area contributed by atoms with Crippen molar-refractivity contribution in [2.24, 2.45) is 0 Å². The number of hydrogen-bond donors (Lipinski definition) is 2. The van der Waals surface area contributed by atoms with E-state index in [1.54, 1.807) is 25.3 Å². The van der Waals surface area contributed by atoms with Gasteiger partial charge in [-0.2, -0.15) is 5.10 Å². The van der Waals surface area contributed by atoms with Crippen molar-refractivity contribution in [3.63, 3.8) is 0 Å². The summed E-state index contributed by atoms with van der Waals surface area (Å²) in [4.78, 5) is 36.5. The Morgan fingerprint density at radius 1 is 1.00 bits per heavy atom. The van der Waals surface area contributed by atoms with Gasteiger partial charge in [0.2, 0.25) is 0 Å². The third kappa shape index (κ3) is 3.76. The number of H-pyrrole nitrogens is 2. The minimum absolute atomic E-state index is 0.0876. The Morgan fingerprint density at radius 2 is 1.78 bits per heavy atom. The molecular weight excluding hydrogens is 473 g/mol. The van der Waals surface area contributed by atoms with E-state index in [0.29, 0.717) is 16.6 Å². The molecule has 0 radical (unpaired) electrons. The highest BCUT2D eigenvalue weighted by Gasteiger charge is 2.58. The monoisotopic (exact) mass is 495 g/mol. The quantitative estimate of drug-likeness (QED) is 0.334. The maximum Gasteiger partial charge on any atom is 0.418 e. The number of hydrogen-bond acceptors (Lipinski definition) is 5. The molecule has 3 heterocycles. The van der Waals surface area contributed by atoms with Gasteiger partial charge in [-0.3, -0.25) is 9.89 Å². The average molecular weight is 496 g/mol. The number of amides is 2. The molecular formula is C28H22FN5O3. The lowest BCUT2D eigenvalue weighted by molar-refractivity contribution is -0.139. The van der Waals surface area contributed by atoms with Crippen LogP contribution in [0, 0.1) is 5.82 Å². The topological polar surface area (TPSA) is 104 Å².